The lowest BCUT2D eigenvalue weighted by atomic mass is 9.75. The van der Waals surface area contributed by atoms with E-state index < -0.39 is 17.3 Å². The molecule has 0 bridgehead atoms. The van der Waals surface area contributed by atoms with Gasteiger partial charge in [-0.05, 0) is 41.5 Å². The maximum absolute atomic E-state index is 12.7. The smallest absolute Gasteiger partial charge is 0.383 e. The van der Waals surface area contributed by atoms with Crippen LogP contribution >= 0.6 is 0 Å². The van der Waals surface area contributed by atoms with E-state index in [0.717, 1.165) is 24.1 Å². The molecule has 1 saturated carbocycles. The van der Waals surface area contributed by atoms with E-state index in [1.165, 1.54) is 12.1 Å². The van der Waals surface area contributed by atoms with Gasteiger partial charge in [0, 0.05) is 12.4 Å². The molecule has 0 saturated heterocycles. The number of aromatic nitrogens is 2. The molecule has 6 heteroatoms. The summed E-state index contributed by atoms with van der Waals surface area (Å²) in [7, 11) is 0. The van der Waals surface area contributed by atoms with Crippen molar-refractivity contribution in [2.75, 3.05) is 0 Å². The zero-order valence-electron chi connectivity index (χ0n) is 14.2. The minimum absolute atomic E-state index is 0.338. The lowest BCUT2D eigenvalue weighted by Gasteiger charge is -2.38. The van der Waals surface area contributed by atoms with Crippen molar-refractivity contribution >= 4 is 6.08 Å². The SMILES string of the molecule is CC1(C)CCC(=Cc2ccc(C(F)(F)F)cc2)C1(O)Cn1ccnc1. The summed E-state index contributed by atoms with van der Waals surface area (Å²) in [5, 5.41) is 11.4. The minimum atomic E-state index is -4.34. The van der Waals surface area contributed by atoms with E-state index >= 15 is 0 Å². The van der Waals surface area contributed by atoms with E-state index in [1.54, 1.807) is 18.7 Å². The van der Waals surface area contributed by atoms with E-state index in [2.05, 4.69) is 4.98 Å². The Bertz CT molecular complexity index is 761. The van der Waals surface area contributed by atoms with E-state index in [-0.39, 0.29) is 5.41 Å². The number of benzene rings is 1. The van der Waals surface area contributed by atoms with Crippen LogP contribution in [0.3, 0.4) is 0 Å². The minimum Gasteiger partial charge on any atom is -0.383 e. The molecule has 1 aromatic carbocycles. The van der Waals surface area contributed by atoms with E-state index in [0.29, 0.717) is 18.5 Å². The molecule has 0 aliphatic heterocycles. The van der Waals surface area contributed by atoms with Crippen LogP contribution < -0.4 is 0 Å². The molecule has 1 heterocycles. The van der Waals surface area contributed by atoms with E-state index in [1.807, 2.05) is 24.5 Å². The lowest BCUT2D eigenvalue weighted by Crippen LogP contribution is -2.44. The fraction of sp³-hybridized carbons (Fsp3) is 0.421. The normalized spacial score (nSPS) is 24.8. The summed E-state index contributed by atoms with van der Waals surface area (Å²) < 4.78 is 39.9. The highest BCUT2D eigenvalue weighted by atomic mass is 19.4. The summed E-state index contributed by atoms with van der Waals surface area (Å²) >= 11 is 0. The summed E-state index contributed by atoms with van der Waals surface area (Å²) in [4.78, 5) is 4.01. The van der Waals surface area contributed by atoms with Crippen molar-refractivity contribution in [3.8, 4) is 0 Å². The highest BCUT2D eigenvalue weighted by Crippen LogP contribution is 2.50. The van der Waals surface area contributed by atoms with Crippen LogP contribution in [0.2, 0.25) is 0 Å². The largest absolute Gasteiger partial charge is 0.416 e. The number of imidazole rings is 1. The third kappa shape index (κ3) is 3.35. The van der Waals surface area contributed by atoms with Crippen molar-refractivity contribution in [1.82, 2.24) is 9.55 Å². The zero-order valence-corrected chi connectivity index (χ0v) is 14.2. The number of halogens is 3. The first kappa shape index (κ1) is 17.7. The molecule has 1 fully saturated rings. The molecule has 134 valence electrons. The fourth-order valence-electron chi connectivity index (χ4n) is 3.42. The van der Waals surface area contributed by atoms with Crippen LogP contribution in [0.5, 0.6) is 0 Å². The van der Waals surface area contributed by atoms with Crippen LogP contribution in [0.25, 0.3) is 6.08 Å². The molecule has 1 N–H and O–H groups in total. The summed E-state index contributed by atoms with van der Waals surface area (Å²) in [6.45, 7) is 4.39. The Labute approximate surface area is 144 Å². The zero-order chi connectivity index (χ0) is 18.3. The van der Waals surface area contributed by atoms with E-state index in [4.69, 9.17) is 0 Å². The van der Waals surface area contributed by atoms with Crippen LogP contribution in [0.4, 0.5) is 13.2 Å². The monoisotopic (exact) mass is 350 g/mol. The van der Waals surface area contributed by atoms with E-state index in [9.17, 15) is 18.3 Å². The van der Waals surface area contributed by atoms with Crippen LogP contribution in [0.1, 0.15) is 37.8 Å². The van der Waals surface area contributed by atoms with Crippen LogP contribution in [-0.4, -0.2) is 20.3 Å². The Kier molecular flexibility index (Phi) is 4.27. The van der Waals surface area contributed by atoms with Crippen molar-refractivity contribution in [2.45, 2.75) is 45.0 Å². The number of hydrogen-bond donors (Lipinski definition) is 1. The highest BCUT2D eigenvalue weighted by Gasteiger charge is 2.51. The molecular weight excluding hydrogens is 329 g/mol. The molecule has 0 amide bonds. The lowest BCUT2D eigenvalue weighted by molar-refractivity contribution is -0.137. The van der Waals surface area contributed by atoms with Gasteiger partial charge >= 0.3 is 6.18 Å². The molecule has 1 atom stereocenters. The van der Waals surface area contributed by atoms with Gasteiger partial charge in [0.1, 0.15) is 5.60 Å². The Balaban J connectivity index is 1.93. The topological polar surface area (TPSA) is 38.0 Å². The predicted octanol–water partition coefficient (Wildman–Crippen LogP) is 4.54. The standard InChI is InChI=1S/C19H21F3N2O/c1-17(2)8-7-16(18(17,25)12-24-10-9-23-13-24)11-14-3-5-15(6-4-14)19(20,21)22/h3-6,9-11,13,25H,7-8,12H2,1-2H3. The Hall–Kier alpha value is -2.08. The van der Waals surface area contributed by atoms with Gasteiger partial charge in [0.05, 0.1) is 18.4 Å². The number of nitrogens with zero attached hydrogens (tertiary/aromatic N) is 2. The first-order chi connectivity index (χ1) is 11.6. The Morgan fingerprint density at radius 1 is 1.24 bits per heavy atom. The third-order valence-electron chi connectivity index (χ3n) is 5.22. The first-order valence-corrected chi connectivity index (χ1v) is 8.18. The maximum atomic E-state index is 12.7. The molecule has 1 aliphatic carbocycles. The Morgan fingerprint density at radius 3 is 2.48 bits per heavy atom. The molecule has 1 aliphatic rings. The second kappa shape index (κ2) is 6.02. The second-order valence-corrected chi connectivity index (χ2v) is 7.27. The van der Waals surface area contributed by atoms with Crippen LogP contribution in [0, 0.1) is 5.41 Å². The van der Waals surface area contributed by atoms with Gasteiger partial charge < -0.3 is 9.67 Å². The van der Waals surface area contributed by atoms with Gasteiger partial charge in [-0.15, -0.1) is 0 Å². The van der Waals surface area contributed by atoms with Gasteiger partial charge in [-0.25, -0.2) is 4.98 Å². The molecular formula is C19H21F3N2O. The highest BCUT2D eigenvalue weighted by molar-refractivity contribution is 5.57. The molecule has 3 nitrogen and oxygen atoms in total. The van der Waals surface area contributed by atoms with Crippen LogP contribution in [0.15, 0.2) is 48.6 Å². The molecule has 1 unspecified atom stereocenters. The maximum Gasteiger partial charge on any atom is 0.416 e. The molecule has 2 aromatic rings. The van der Waals surface area contributed by atoms with Gasteiger partial charge in [0.2, 0.25) is 0 Å². The molecule has 3 rings (SSSR count). The fourth-order valence-corrected chi connectivity index (χ4v) is 3.42. The molecule has 0 spiro atoms. The average Bonchev–Trinajstić information content (AvgIpc) is 3.10. The molecule has 0 radical (unpaired) electrons. The summed E-state index contributed by atoms with van der Waals surface area (Å²) in [6.07, 6.45) is 4.09. The van der Waals surface area contributed by atoms with Crippen molar-refractivity contribution < 1.29 is 18.3 Å². The van der Waals surface area contributed by atoms with Gasteiger partial charge in [0.15, 0.2) is 0 Å². The Morgan fingerprint density at radius 2 is 1.92 bits per heavy atom. The van der Waals surface area contributed by atoms with Gasteiger partial charge in [0.25, 0.3) is 0 Å². The predicted molar refractivity (Wildman–Crippen MR) is 89.6 cm³/mol. The van der Waals surface area contributed by atoms with Gasteiger partial charge in [-0.2, -0.15) is 13.2 Å². The molecule has 1 aromatic heterocycles. The van der Waals surface area contributed by atoms with Crippen molar-refractivity contribution in [3.05, 3.63) is 59.7 Å². The van der Waals surface area contributed by atoms with Gasteiger partial charge in [-0.3, -0.25) is 0 Å². The van der Waals surface area contributed by atoms with Crippen molar-refractivity contribution in [3.63, 3.8) is 0 Å². The van der Waals surface area contributed by atoms with Crippen molar-refractivity contribution in [1.29, 1.82) is 0 Å². The summed E-state index contributed by atoms with van der Waals surface area (Å²) in [5.41, 5.74) is -0.586. The second-order valence-electron chi connectivity index (χ2n) is 7.27. The quantitative estimate of drug-likeness (QED) is 0.883. The number of hydrogen-bond acceptors (Lipinski definition) is 2. The number of rotatable bonds is 3. The third-order valence-corrected chi connectivity index (χ3v) is 5.22. The van der Waals surface area contributed by atoms with Crippen LogP contribution in [-0.2, 0) is 12.7 Å². The summed E-state index contributed by atoms with van der Waals surface area (Å²) in [6, 6.07) is 5.03. The van der Waals surface area contributed by atoms with Gasteiger partial charge in [-0.1, -0.05) is 32.1 Å². The summed E-state index contributed by atoms with van der Waals surface area (Å²) in [5.74, 6) is 0. The average molecular weight is 350 g/mol. The van der Waals surface area contributed by atoms with Crippen molar-refractivity contribution in [2.24, 2.45) is 5.41 Å². The molecule has 25 heavy (non-hydrogen) atoms. The number of alkyl halides is 3. The first-order valence-electron chi connectivity index (χ1n) is 8.18. The number of aliphatic hydroxyl groups is 1.